The van der Waals surface area contributed by atoms with Gasteiger partial charge in [-0.1, -0.05) is 42.5 Å². The fourth-order valence-electron chi connectivity index (χ4n) is 6.39. The summed E-state index contributed by atoms with van der Waals surface area (Å²) in [6.07, 6.45) is 0. The summed E-state index contributed by atoms with van der Waals surface area (Å²) in [6.45, 7) is 25.1. The van der Waals surface area contributed by atoms with Gasteiger partial charge in [0.15, 0.2) is 11.4 Å². The zero-order chi connectivity index (χ0) is 47.1. The van der Waals surface area contributed by atoms with Gasteiger partial charge in [0.1, 0.15) is 57.5 Å². The molecular weight excluding hydrogens is 837 g/mol. The lowest BCUT2D eigenvalue weighted by molar-refractivity contribution is 0.464. The highest BCUT2D eigenvalue weighted by molar-refractivity contribution is 5.72. The third-order valence-electron chi connectivity index (χ3n) is 9.91. The van der Waals surface area contributed by atoms with E-state index in [1.807, 2.05) is 86.6 Å². The standard InChI is InChI=1S/C28H17N3O3.C28H17N3O2/c1-19-3-4-26(15-20(19)17-29)33-24-9-5-22(6-10-24)32-23-7-11-25(12-8-23)34-27-13-14-28(31-2)21(16-27)18-30;1-19-16-25(13-8-22(19)18-29)32-23-9-4-20(5-10-23)21-6-11-24(12-7-21)33-26-14-15-27(30-2)28(17-26)31-3/h3-16H,1H3;4-17H,1H3. The molecule has 11 heteroatoms. The molecule has 11 nitrogen and oxygen atoms in total. The van der Waals surface area contributed by atoms with Crippen LogP contribution in [-0.4, -0.2) is 0 Å². The van der Waals surface area contributed by atoms with Gasteiger partial charge < -0.3 is 23.7 Å². The summed E-state index contributed by atoms with van der Waals surface area (Å²) in [6, 6.07) is 56.3. The van der Waals surface area contributed by atoms with Crippen molar-refractivity contribution in [2.24, 2.45) is 0 Å². The van der Waals surface area contributed by atoms with E-state index in [0.29, 0.717) is 80.0 Å². The molecule has 0 fully saturated rings. The second kappa shape index (κ2) is 21.2. The summed E-state index contributed by atoms with van der Waals surface area (Å²) in [5, 5.41) is 27.4. The Balaban J connectivity index is 0.000000199. The van der Waals surface area contributed by atoms with Crippen molar-refractivity contribution in [1.82, 2.24) is 0 Å². The van der Waals surface area contributed by atoms with Gasteiger partial charge in [-0.05, 0) is 163 Å². The lowest BCUT2D eigenvalue weighted by Gasteiger charge is -2.10. The molecule has 8 aromatic carbocycles. The lowest BCUT2D eigenvalue weighted by atomic mass is 10.1. The van der Waals surface area contributed by atoms with Gasteiger partial charge in [0.25, 0.3) is 0 Å². The maximum atomic E-state index is 9.17. The van der Waals surface area contributed by atoms with E-state index in [2.05, 4.69) is 26.7 Å². The first kappa shape index (κ1) is 44.7. The topological polar surface area (TPSA) is 131 Å². The van der Waals surface area contributed by atoms with Crippen LogP contribution in [0, 0.1) is 67.6 Å². The molecule has 0 unspecified atom stereocenters. The fourth-order valence-corrected chi connectivity index (χ4v) is 6.39. The van der Waals surface area contributed by atoms with E-state index in [9.17, 15) is 0 Å². The van der Waals surface area contributed by atoms with Crippen LogP contribution in [0.25, 0.3) is 25.7 Å². The summed E-state index contributed by atoms with van der Waals surface area (Å²) >= 11 is 0. The summed E-state index contributed by atoms with van der Waals surface area (Å²) in [5.41, 5.74) is 6.20. The van der Waals surface area contributed by atoms with E-state index in [4.69, 9.17) is 59.2 Å². The van der Waals surface area contributed by atoms with Crippen molar-refractivity contribution in [2.45, 2.75) is 13.8 Å². The minimum atomic E-state index is 0.271. The smallest absolute Gasteiger partial charge is 0.204 e. The molecule has 0 aliphatic heterocycles. The zero-order valence-electron chi connectivity index (χ0n) is 35.9. The van der Waals surface area contributed by atoms with Crippen molar-refractivity contribution in [2.75, 3.05) is 0 Å². The van der Waals surface area contributed by atoms with Crippen LogP contribution < -0.4 is 23.7 Å². The first-order valence-electron chi connectivity index (χ1n) is 20.3. The summed E-state index contributed by atoms with van der Waals surface area (Å²) in [4.78, 5) is 10.0. The molecule has 0 radical (unpaired) electrons. The predicted molar refractivity (Wildman–Crippen MR) is 253 cm³/mol. The largest absolute Gasteiger partial charge is 0.459 e. The van der Waals surface area contributed by atoms with Gasteiger partial charge in [-0.15, -0.1) is 0 Å². The van der Waals surface area contributed by atoms with Crippen LogP contribution in [0.4, 0.5) is 17.1 Å². The Morgan fingerprint density at radius 3 is 1.06 bits per heavy atom. The van der Waals surface area contributed by atoms with Crippen LogP contribution in [0.2, 0.25) is 0 Å². The molecule has 0 bridgehead atoms. The van der Waals surface area contributed by atoms with Gasteiger partial charge in [0, 0.05) is 0 Å². The van der Waals surface area contributed by atoms with E-state index in [0.717, 1.165) is 22.3 Å². The molecule has 0 saturated carbocycles. The number of nitriles is 3. The molecule has 0 N–H and O–H groups in total. The van der Waals surface area contributed by atoms with Gasteiger partial charge in [0.05, 0.1) is 54.6 Å². The minimum Gasteiger partial charge on any atom is -0.459 e. The predicted octanol–water partition coefficient (Wildman–Crippen LogP) is 15.9. The van der Waals surface area contributed by atoms with Crippen LogP contribution >= 0.6 is 0 Å². The van der Waals surface area contributed by atoms with Crippen molar-refractivity contribution in [3.05, 3.63) is 232 Å². The normalized spacial score (nSPS) is 9.85. The number of aryl methyl sites for hydroxylation is 2. The maximum Gasteiger partial charge on any atom is 0.204 e. The Morgan fingerprint density at radius 2 is 0.642 bits per heavy atom. The minimum absolute atomic E-state index is 0.271. The van der Waals surface area contributed by atoms with Gasteiger partial charge in [-0.3, -0.25) is 4.85 Å². The first-order valence-corrected chi connectivity index (χ1v) is 20.3. The number of hydrogen-bond donors (Lipinski definition) is 0. The molecule has 8 rings (SSSR count). The number of benzene rings is 8. The SMILES string of the molecule is [C-]#[N+]c1ccc(Oc2ccc(-c3ccc(Oc4ccc(C#N)c(C)c4)cc3)cc2)cc1[N+]#[C-].[C-]#[N+]c1ccc(Oc2ccc(Oc3ccc(Oc4ccc(C)c(C#N)c4)cc3)cc2)cc1C#N. The quantitative estimate of drug-likeness (QED) is 0.117. The van der Waals surface area contributed by atoms with Crippen molar-refractivity contribution >= 4 is 17.1 Å². The Morgan fingerprint density at radius 1 is 0.313 bits per heavy atom. The number of rotatable bonds is 11. The van der Waals surface area contributed by atoms with E-state index < -0.39 is 0 Å². The van der Waals surface area contributed by atoms with Crippen molar-refractivity contribution in [3.63, 3.8) is 0 Å². The molecular formula is C56H34N6O5. The average molecular weight is 871 g/mol. The third kappa shape index (κ3) is 11.6. The fraction of sp³-hybridized carbons (Fsp3) is 0.0357. The molecule has 0 saturated heterocycles. The molecule has 8 aromatic rings. The van der Waals surface area contributed by atoms with E-state index >= 15 is 0 Å². The monoisotopic (exact) mass is 870 g/mol. The molecule has 0 heterocycles. The highest BCUT2D eigenvalue weighted by atomic mass is 16.5. The molecule has 67 heavy (non-hydrogen) atoms. The van der Waals surface area contributed by atoms with Crippen LogP contribution in [-0.2, 0) is 0 Å². The Hall–Kier alpha value is -10.3. The lowest BCUT2D eigenvalue weighted by Crippen LogP contribution is -1.89. The number of ether oxygens (including phenoxy) is 5. The molecule has 0 aliphatic carbocycles. The van der Waals surface area contributed by atoms with Crippen molar-refractivity contribution in [3.8, 4) is 86.8 Å². The Kier molecular flexibility index (Phi) is 14.1. The van der Waals surface area contributed by atoms with E-state index in [1.54, 1.807) is 103 Å². The summed E-state index contributed by atoms with van der Waals surface area (Å²) in [7, 11) is 0. The Bertz CT molecular complexity index is 3350. The van der Waals surface area contributed by atoms with Gasteiger partial charge in [-0.25, -0.2) is 9.69 Å². The molecule has 0 atom stereocenters. The summed E-state index contributed by atoms with van der Waals surface area (Å²) < 4.78 is 29.2. The third-order valence-corrected chi connectivity index (χ3v) is 9.91. The van der Waals surface area contributed by atoms with Crippen LogP contribution in [0.3, 0.4) is 0 Å². The second-order valence-electron chi connectivity index (χ2n) is 14.5. The zero-order valence-corrected chi connectivity index (χ0v) is 35.9. The van der Waals surface area contributed by atoms with Crippen LogP contribution in [0.1, 0.15) is 27.8 Å². The number of hydrogen-bond acceptors (Lipinski definition) is 8. The van der Waals surface area contributed by atoms with Gasteiger partial charge >= 0.3 is 0 Å². The van der Waals surface area contributed by atoms with Gasteiger partial charge in [0.2, 0.25) is 5.69 Å². The molecule has 318 valence electrons. The second-order valence-corrected chi connectivity index (χ2v) is 14.5. The maximum absolute atomic E-state index is 9.17. The first-order chi connectivity index (χ1) is 32.7. The summed E-state index contributed by atoms with van der Waals surface area (Å²) in [5.74, 6) is 6.08. The van der Waals surface area contributed by atoms with Gasteiger partial charge in [-0.2, -0.15) is 15.8 Å². The number of nitrogens with zero attached hydrogens (tertiary/aromatic N) is 6. The molecule has 0 spiro atoms. The van der Waals surface area contributed by atoms with Crippen LogP contribution in [0.5, 0.6) is 57.5 Å². The average Bonchev–Trinajstić information content (AvgIpc) is 3.36. The van der Waals surface area contributed by atoms with Crippen LogP contribution in [0.15, 0.2) is 170 Å². The van der Waals surface area contributed by atoms with E-state index in [1.165, 1.54) is 0 Å². The highest BCUT2D eigenvalue weighted by Gasteiger charge is 2.09. The van der Waals surface area contributed by atoms with Crippen molar-refractivity contribution < 1.29 is 23.7 Å². The van der Waals surface area contributed by atoms with E-state index in [-0.39, 0.29) is 11.3 Å². The molecule has 0 aliphatic rings. The van der Waals surface area contributed by atoms with Crippen molar-refractivity contribution in [1.29, 1.82) is 15.8 Å². The Labute approximate surface area is 387 Å². The highest BCUT2D eigenvalue weighted by Crippen LogP contribution is 2.36. The molecule has 0 amide bonds. The molecule has 0 aromatic heterocycles.